The Labute approximate surface area is 204 Å². The SMILES string of the molecule is O=C(CN1CCC(C(=O)Nc2ccccc2O)CC1)Nc1ccccc1C(=O)Nc1ccccc1. The summed E-state index contributed by atoms with van der Waals surface area (Å²) in [5.41, 5.74) is 1.90. The van der Waals surface area contributed by atoms with Gasteiger partial charge in [0.15, 0.2) is 0 Å². The van der Waals surface area contributed by atoms with Gasteiger partial charge in [0.05, 0.1) is 23.5 Å². The molecule has 4 rings (SSSR count). The minimum Gasteiger partial charge on any atom is -0.506 e. The zero-order valence-electron chi connectivity index (χ0n) is 19.2. The second kappa shape index (κ2) is 11.3. The van der Waals surface area contributed by atoms with Gasteiger partial charge in [-0.3, -0.25) is 19.3 Å². The molecule has 0 aromatic heterocycles. The van der Waals surface area contributed by atoms with E-state index < -0.39 is 0 Å². The standard InChI is InChI=1S/C27H28N4O4/c32-24-13-7-6-12-23(24)30-26(34)19-14-16-31(17-15-19)18-25(33)29-22-11-5-4-10-21(22)27(35)28-20-8-2-1-3-9-20/h1-13,19,32H,14-18H2,(H,28,35)(H,29,33)(H,30,34). The number of likely N-dealkylation sites (tertiary alicyclic amines) is 1. The van der Waals surface area contributed by atoms with E-state index in [1.807, 2.05) is 23.1 Å². The monoisotopic (exact) mass is 472 g/mol. The van der Waals surface area contributed by atoms with Crippen molar-refractivity contribution in [2.45, 2.75) is 12.8 Å². The van der Waals surface area contributed by atoms with Crippen LogP contribution in [0.4, 0.5) is 17.1 Å². The number of aromatic hydroxyl groups is 1. The van der Waals surface area contributed by atoms with Gasteiger partial charge in [-0.1, -0.05) is 42.5 Å². The average Bonchev–Trinajstić information content (AvgIpc) is 2.86. The smallest absolute Gasteiger partial charge is 0.257 e. The molecule has 8 nitrogen and oxygen atoms in total. The first-order valence-corrected chi connectivity index (χ1v) is 11.6. The van der Waals surface area contributed by atoms with Gasteiger partial charge in [-0.25, -0.2) is 0 Å². The number of rotatable bonds is 7. The Morgan fingerprint density at radius 2 is 1.40 bits per heavy atom. The number of piperidine rings is 1. The largest absolute Gasteiger partial charge is 0.506 e. The maximum atomic E-state index is 12.7. The van der Waals surface area contributed by atoms with Gasteiger partial charge in [-0.15, -0.1) is 0 Å². The summed E-state index contributed by atoms with van der Waals surface area (Å²) in [6, 6.07) is 22.7. The van der Waals surface area contributed by atoms with Crippen molar-refractivity contribution in [3.05, 3.63) is 84.4 Å². The van der Waals surface area contributed by atoms with Crippen LogP contribution in [0.25, 0.3) is 0 Å². The number of nitrogens with one attached hydrogen (secondary N) is 3. The number of benzene rings is 3. The molecular formula is C27H28N4O4. The van der Waals surface area contributed by atoms with Crippen LogP contribution in [0.1, 0.15) is 23.2 Å². The Morgan fingerprint density at radius 3 is 2.11 bits per heavy atom. The Bertz CT molecular complexity index is 1190. The molecule has 0 atom stereocenters. The summed E-state index contributed by atoms with van der Waals surface area (Å²) >= 11 is 0. The normalized spacial score (nSPS) is 14.2. The van der Waals surface area contributed by atoms with Crippen molar-refractivity contribution >= 4 is 34.8 Å². The van der Waals surface area contributed by atoms with Crippen LogP contribution in [0.15, 0.2) is 78.9 Å². The third-order valence-electron chi connectivity index (χ3n) is 5.96. The first kappa shape index (κ1) is 24.0. The molecule has 4 N–H and O–H groups in total. The zero-order valence-corrected chi connectivity index (χ0v) is 19.2. The highest BCUT2D eigenvalue weighted by atomic mass is 16.3. The van der Waals surface area contributed by atoms with Gasteiger partial charge in [-0.2, -0.15) is 0 Å². The number of nitrogens with zero attached hydrogens (tertiary/aromatic N) is 1. The van der Waals surface area contributed by atoms with Gasteiger partial charge in [0, 0.05) is 11.6 Å². The molecule has 0 aliphatic carbocycles. The number of para-hydroxylation sites is 4. The highest BCUT2D eigenvalue weighted by Gasteiger charge is 2.26. The summed E-state index contributed by atoms with van der Waals surface area (Å²) in [6.45, 7) is 1.37. The van der Waals surface area contributed by atoms with Crippen molar-refractivity contribution in [2.24, 2.45) is 5.92 Å². The quantitative estimate of drug-likeness (QED) is 0.390. The van der Waals surface area contributed by atoms with Crippen LogP contribution in [0, 0.1) is 5.92 Å². The van der Waals surface area contributed by atoms with Crippen LogP contribution in [-0.2, 0) is 9.59 Å². The molecule has 0 spiro atoms. The minimum atomic E-state index is -0.302. The van der Waals surface area contributed by atoms with Crippen LogP contribution < -0.4 is 16.0 Å². The number of anilines is 3. The molecule has 180 valence electrons. The molecule has 1 fully saturated rings. The summed E-state index contributed by atoms with van der Waals surface area (Å²) in [5.74, 6) is -0.802. The summed E-state index contributed by atoms with van der Waals surface area (Å²) in [6.07, 6.45) is 1.23. The lowest BCUT2D eigenvalue weighted by atomic mass is 9.95. The highest BCUT2D eigenvalue weighted by Crippen LogP contribution is 2.25. The number of carbonyl (C=O) groups excluding carboxylic acids is 3. The molecule has 1 aliphatic heterocycles. The van der Waals surface area contributed by atoms with Crippen molar-refractivity contribution in [1.82, 2.24) is 4.90 Å². The predicted octanol–water partition coefficient (Wildman–Crippen LogP) is 3.93. The Balaban J connectivity index is 1.28. The van der Waals surface area contributed by atoms with Gasteiger partial charge in [-0.05, 0) is 62.3 Å². The average molecular weight is 473 g/mol. The van der Waals surface area contributed by atoms with E-state index in [1.54, 1.807) is 54.6 Å². The Morgan fingerprint density at radius 1 is 0.771 bits per heavy atom. The molecule has 0 unspecified atom stereocenters. The molecule has 1 heterocycles. The summed E-state index contributed by atoms with van der Waals surface area (Å²) in [4.78, 5) is 40.0. The molecule has 35 heavy (non-hydrogen) atoms. The van der Waals surface area contributed by atoms with E-state index in [1.165, 1.54) is 6.07 Å². The van der Waals surface area contributed by atoms with Crippen molar-refractivity contribution in [3.8, 4) is 5.75 Å². The number of hydrogen-bond donors (Lipinski definition) is 4. The lowest BCUT2D eigenvalue weighted by Gasteiger charge is -2.30. The second-order valence-electron chi connectivity index (χ2n) is 8.47. The highest BCUT2D eigenvalue weighted by molar-refractivity contribution is 6.10. The molecule has 8 heteroatoms. The van der Waals surface area contributed by atoms with E-state index in [-0.39, 0.29) is 35.9 Å². The number of phenolic OH excluding ortho intramolecular Hbond substituents is 1. The molecule has 1 aliphatic rings. The van der Waals surface area contributed by atoms with Crippen LogP contribution in [-0.4, -0.2) is 47.4 Å². The van der Waals surface area contributed by atoms with E-state index >= 15 is 0 Å². The van der Waals surface area contributed by atoms with E-state index in [4.69, 9.17) is 0 Å². The molecule has 3 amide bonds. The lowest BCUT2D eigenvalue weighted by molar-refractivity contribution is -0.121. The van der Waals surface area contributed by atoms with Gasteiger partial charge < -0.3 is 21.1 Å². The molecule has 3 aromatic carbocycles. The molecular weight excluding hydrogens is 444 g/mol. The molecule has 1 saturated heterocycles. The lowest BCUT2D eigenvalue weighted by Crippen LogP contribution is -2.41. The van der Waals surface area contributed by atoms with Gasteiger partial charge in [0.2, 0.25) is 11.8 Å². The van der Waals surface area contributed by atoms with E-state index in [2.05, 4.69) is 16.0 Å². The molecule has 0 saturated carbocycles. The van der Waals surface area contributed by atoms with Gasteiger partial charge >= 0.3 is 0 Å². The molecule has 3 aromatic rings. The fourth-order valence-corrected chi connectivity index (χ4v) is 4.07. The number of hydrogen-bond acceptors (Lipinski definition) is 5. The third-order valence-corrected chi connectivity index (χ3v) is 5.96. The van der Waals surface area contributed by atoms with Crippen LogP contribution in [0.5, 0.6) is 5.75 Å². The van der Waals surface area contributed by atoms with Crippen molar-refractivity contribution < 1.29 is 19.5 Å². The zero-order chi connectivity index (χ0) is 24.6. The second-order valence-corrected chi connectivity index (χ2v) is 8.47. The number of phenols is 1. The first-order valence-electron chi connectivity index (χ1n) is 11.6. The molecule has 0 radical (unpaired) electrons. The van der Waals surface area contributed by atoms with Crippen molar-refractivity contribution in [3.63, 3.8) is 0 Å². The van der Waals surface area contributed by atoms with E-state index in [0.717, 1.165) is 0 Å². The fraction of sp³-hybridized carbons (Fsp3) is 0.222. The number of amides is 3. The Hall–Kier alpha value is -4.17. The fourth-order valence-electron chi connectivity index (χ4n) is 4.07. The van der Waals surface area contributed by atoms with E-state index in [9.17, 15) is 19.5 Å². The van der Waals surface area contributed by atoms with Crippen LogP contribution >= 0.6 is 0 Å². The van der Waals surface area contributed by atoms with Crippen molar-refractivity contribution in [2.75, 3.05) is 35.6 Å². The topological polar surface area (TPSA) is 111 Å². The summed E-state index contributed by atoms with van der Waals surface area (Å²) in [7, 11) is 0. The first-order chi connectivity index (χ1) is 17.0. The maximum absolute atomic E-state index is 12.7. The summed E-state index contributed by atoms with van der Waals surface area (Å²) < 4.78 is 0. The number of carbonyl (C=O) groups is 3. The third kappa shape index (κ3) is 6.45. The minimum absolute atomic E-state index is 0.0349. The maximum Gasteiger partial charge on any atom is 0.257 e. The molecule has 0 bridgehead atoms. The van der Waals surface area contributed by atoms with Crippen LogP contribution in [0.3, 0.4) is 0 Å². The van der Waals surface area contributed by atoms with Crippen molar-refractivity contribution in [1.29, 1.82) is 0 Å². The van der Waals surface area contributed by atoms with Gasteiger partial charge in [0.25, 0.3) is 5.91 Å². The summed E-state index contributed by atoms with van der Waals surface area (Å²) in [5, 5.41) is 18.3. The van der Waals surface area contributed by atoms with Gasteiger partial charge in [0.1, 0.15) is 5.75 Å². The van der Waals surface area contributed by atoms with Crippen LogP contribution in [0.2, 0.25) is 0 Å². The van der Waals surface area contributed by atoms with E-state index in [0.29, 0.717) is 48.6 Å². The predicted molar refractivity (Wildman–Crippen MR) is 135 cm³/mol. The Kier molecular flexibility index (Phi) is 7.74.